The van der Waals surface area contributed by atoms with Crippen LogP contribution in [0.4, 0.5) is 0 Å². The molecule has 1 saturated heterocycles. The van der Waals surface area contributed by atoms with Gasteiger partial charge in [0.2, 0.25) is 6.10 Å². The third-order valence-electron chi connectivity index (χ3n) is 1.68. The van der Waals surface area contributed by atoms with Gasteiger partial charge in [0, 0.05) is 7.11 Å². The summed E-state index contributed by atoms with van der Waals surface area (Å²) in [4.78, 5) is 26.7. The van der Waals surface area contributed by atoms with Gasteiger partial charge in [0.15, 0.2) is 0 Å². The molecule has 1 aliphatic heterocycles. The molecule has 1 unspecified atom stereocenters. The molecule has 74 valence electrons. The van der Waals surface area contributed by atoms with Crippen LogP contribution < -0.4 is 0 Å². The van der Waals surface area contributed by atoms with Crippen molar-refractivity contribution in [3.63, 3.8) is 0 Å². The molecule has 0 aromatic carbocycles. The van der Waals surface area contributed by atoms with E-state index < -0.39 is 18.0 Å². The van der Waals surface area contributed by atoms with Crippen molar-refractivity contribution in [2.45, 2.75) is 12.5 Å². The maximum atomic E-state index is 11.3. The average Bonchev–Trinajstić information content (AvgIpc) is 2.56. The number of carboxylic acid groups (broad SMARTS) is 1. The Bertz CT molecular complexity index is 211. The smallest absolute Gasteiger partial charge is 0.342 e. The quantitative estimate of drug-likeness (QED) is 0.591. The van der Waals surface area contributed by atoms with Gasteiger partial charge in [0.1, 0.15) is 0 Å². The van der Waals surface area contributed by atoms with Crippen molar-refractivity contribution >= 4 is 11.9 Å². The van der Waals surface area contributed by atoms with Crippen LogP contribution in [0.1, 0.15) is 6.42 Å². The zero-order valence-electron chi connectivity index (χ0n) is 7.23. The van der Waals surface area contributed by atoms with E-state index in [9.17, 15) is 9.59 Å². The zero-order chi connectivity index (χ0) is 9.84. The third kappa shape index (κ3) is 2.16. The van der Waals surface area contributed by atoms with Gasteiger partial charge in [0.05, 0.1) is 13.2 Å². The summed E-state index contributed by atoms with van der Waals surface area (Å²) in [5, 5.41) is 9.61. The van der Waals surface area contributed by atoms with E-state index in [-0.39, 0.29) is 0 Å². The molecule has 0 bridgehead atoms. The van der Waals surface area contributed by atoms with Crippen LogP contribution in [0, 0.1) is 0 Å². The summed E-state index contributed by atoms with van der Waals surface area (Å²) >= 11 is 0. The van der Waals surface area contributed by atoms with Gasteiger partial charge in [-0.1, -0.05) is 0 Å². The highest BCUT2D eigenvalue weighted by Gasteiger charge is 2.32. The highest BCUT2D eigenvalue weighted by atomic mass is 16.7. The molecule has 1 amide bonds. The molecule has 1 atom stereocenters. The van der Waals surface area contributed by atoms with Gasteiger partial charge in [-0.25, -0.2) is 9.86 Å². The van der Waals surface area contributed by atoms with E-state index in [1.54, 1.807) is 0 Å². The maximum Gasteiger partial charge on any atom is 0.342 e. The number of hydrogen-bond donors (Lipinski definition) is 1. The number of rotatable bonds is 3. The second-order valence-corrected chi connectivity index (χ2v) is 2.58. The Morgan fingerprint density at radius 1 is 1.62 bits per heavy atom. The Morgan fingerprint density at radius 2 is 2.31 bits per heavy atom. The summed E-state index contributed by atoms with van der Waals surface area (Å²) in [6, 6.07) is 0. The predicted molar refractivity (Wildman–Crippen MR) is 40.7 cm³/mol. The van der Waals surface area contributed by atoms with E-state index in [4.69, 9.17) is 9.94 Å². The van der Waals surface area contributed by atoms with Crippen LogP contribution in [0.2, 0.25) is 0 Å². The van der Waals surface area contributed by atoms with Gasteiger partial charge < -0.3 is 9.84 Å². The lowest BCUT2D eigenvalue weighted by atomic mass is 10.3. The first-order chi connectivity index (χ1) is 6.16. The predicted octanol–water partition coefficient (Wildman–Crippen LogP) is -0.750. The number of nitrogens with zero attached hydrogens (tertiary/aromatic N) is 1. The number of methoxy groups -OCH3 is 1. The Morgan fingerprint density at radius 3 is 2.69 bits per heavy atom. The molecule has 1 heterocycles. The third-order valence-corrected chi connectivity index (χ3v) is 1.68. The van der Waals surface area contributed by atoms with Gasteiger partial charge in [0.25, 0.3) is 5.91 Å². The molecule has 1 rings (SSSR count). The highest BCUT2D eigenvalue weighted by Crippen LogP contribution is 2.07. The molecule has 0 radical (unpaired) electrons. The summed E-state index contributed by atoms with van der Waals surface area (Å²) in [7, 11) is 1.17. The van der Waals surface area contributed by atoms with Gasteiger partial charge in [-0.15, -0.1) is 0 Å². The van der Waals surface area contributed by atoms with Crippen LogP contribution in [-0.2, 0) is 19.2 Å². The summed E-state index contributed by atoms with van der Waals surface area (Å²) in [5.41, 5.74) is 0. The Hall–Kier alpha value is -1.14. The van der Waals surface area contributed by atoms with E-state index in [0.29, 0.717) is 13.2 Å². The van der Waals surface area contributed by atoms with Crippen molar-refractivity contribution in [2.24, 2.45) is 0 Å². The molecule has 1 aliphatic rings. The Labute approximate surface area is 75.0 Å². The van der Waals surface area contributed by atoms with Crippen LogP contribution in [0.25, 0.3) is 0 Å². The zero-order valence-corrected chi connectivity index (χ0v) is 7.23. The molecule has 6 heteroatoms. The van der Waals surface area contributed by atoms with Gasteiger partial charge in [-0.05, 0) is 6.42 Å². The standard InChI is InChI=1S/C7H11NO5/c1-12-5(7(10)11)6(9)8-3-2-4-13-8/h5H,2-4H2,1H3,(H,10,11). The van der Waals surface area contributed by atoms with E-state index in [2.05, 4.69) is 4.74 Å². The number of carboxylic acids is 1. The van der Waals surface area contributed by atoms with Crippen LogP contribution in [0.3, 0.4) is 0 Å². The minimum Gasteiger partial charge on any atom is -0.479 e. The molecule has 0 aromatic heterocycles. The van der Waals surface area contributed by atoms with E-state index >= 15 is 0 Å². The average molecular weight is 189 g/mol. The number of ether oxygens (including phenoxy) is 1. The van der Waals surface area contributed by atoms with Crippen molar-refractivity contribution in [2.75, 3.05) is 20.3 Å². The van der Waals surface area contributed by atoms with Crippen LogP contribution in [-0.4, -0.2) is 48.4 Å². The fourth-order valence-corrected chi connectivity index (χ4v) is 1.06. The maximum absolute atomic E-state index is 11.3. The first-order valence-corrected chi connectivity index (χ1v) is 3.86. The fraction of sp³-hybridized carbons (Fsp3) is 0.714. The van der Waals surface area contributed by atoms with Gasteiger partial charge >= 0.3 is 5.97 Å². The second-order valence-electron chi connectivity index (χ2n) is 2.58. The number of hydroxylamine groups is 2. The van der Waals surface area contributed by atoms with E-state index in [1.165, 1.54) is 7.11 Å². The van der Waals surface area contributed by atoms with Gasteiger partial charge in [-0.3, -0.25) is 9.63 Å². The largest absolute Gasteiger partial charge is 0.479 e. The fourth-order valence-electron chi connectivity index (χ4n) is 1.06. The number of carbonyl (C=O) groups excluding carboxylic acids is 1. The molecule has 0 aromatic rings. The summed E-state index contributed by atoms with van der Waals surface area (Å²) in [6.07, 6.45) is -0.736. The molecule has 0 saturated carbocycles. The Kier molecular flexibility index (Phi) is 3.21. The molecular weight excluding hydrogens is 178 g/mol. The molecule has 0 aliphatic carbocycles. The van der Waals surface area contributed by atoms with E-state index in [0.717, 1.165) is 11.5 Å². The van der Waals surface area contributed by atoms with Crippen molar-refractivity contribution < 1.29 is 24.3 Å². The first kappa shape index (κ1) is 9.94. The SMILES string of the molecule is COC(C(=O)O)C(=O)N1CCCO1. The van der Waals surface area contributed by atoms with Crippen LogP contribution >= 0.6 is 0 Å². The lowest BCUT2D eigenvalue weighted by Crippen LogP contribution is -2.42. The number of aliphatic carboxylic acids is 1. The summed E-state index contributed by atoms with van der Waals surface area (Å²) in [5.74, 6) is -1.96. The minimum atomic E-state index is -1.46. The second kappa shape index (κ2) is 4.20. The van der Waals surface area contributed by atoms with Crippen LogP contribution in [0.15, 0.2) is 0 Å². The van der Waals surface area contributed by atoms with Crippen LogP contribution in [0.5, 0.6) is 0 Å². The van der Waals surface area contributed by atoms with Crippen molar-refractivity contribution in [3.8, 4) is 0 Å². The lowest BCUT2D eigenvalue weighted by molar-refractivity contribution is -0.184. The van der Waals surface area contributed by atoms with Crippen molar-refractivity contribution in [3.05, 3.63) is 0 Å². The number of carbonyl (C=O) groups is 2. The number of amides is 1. The molecule has 0 spiro atoms. The Balaban J connectivity index is 2.57. The topological polar surface area (TPSA) is 76.1 Å². The van der Waals surface area contributed by atoms with Crippen molar-refractivity contribution in [1.82, 2.24) is 5.06 Å². The summed E-state index contributed by atoms with van der Waals surface area (Å²) < 4.78 is 4.52. The summed E-state index contributed by atoms with van der Waals surface area (Å²) in [6.45, 7) is 0.869. The minimum absolute atomic E-state index is 0.423. The van der Waals surface area contributed by atoms with Crippen molar-refractivity contribution in [1.29, 1.82) is 0 Å². The van der Waals surface area contributed by atoms with Gasteiger partial charge in [-0.2, -0.15) is 0 Å². The molecular formula is C7H11NO5. The first-order valence-electron chi connectivity index (χ1n) is 3.86. The molecule has 1 fully saturated rings. The molecule has 1 N–H and O–H groups in total. The number of hydrogen-bond acceptors (Lipinski definition) is 4. The lowest BCUT2D eigenvalue weighted by Gasteiger charge is -2.17. The molecule has 13 heavy (non-hydrogen) atoms. The highest BCUT2D eigenvalue weighted by molar-refractivity contribution is 5.99. The normalized spacial score (nSPS) is 18.7. The van der Waals surface area contributed by atoms with E-state index in [1.807, 2.05) is 0 Å². The monoisotopic (exact) mass is 189 g/mol. The molecule has 6 nitrogen and oxygen atoms in total.